The van der Waals surface area contributed by atoms with Crippen molar-refractivity contribution in [3.05, 3.63) is 88.3 Å². The molecular weight excluding hydrogens is 505 g/mol. The van der Waals surface area contributed by atoms with E-state index in [1.54, 1.807) is 24.3 Å². The zero-order chi connectivity index (χ0) is 27.4. The number of hydrogen-bond acceptors (Lipinski definition) is 7. The van der Waals surface area contributed by atoms with Crippen LogP contribution in [0, 0.1) is 0 Å². The Hall–Kier alpha value is -4.73. The van der Waals surface area contributed by atoms with Crippen molar-refractivity contribution in [2.45, 2.75) is 6.18 Å². The maximum absolute atomic E-state index is 14.0. The van der Waals surface area contributed by atoms with E-state index in [0.29, 0.717) is 11.3 Å². The van der Waals surface area contributed by atoms with Gasteiger partial charge in [-0.25, -0.2) is 4.79 Å². The van der Waals surface area contributed by atoms with Crippen molar-refractivity contribution in [1.29, 1.82) is 0 Å². The fourth-order valence-corrected chi connectivity index (χ4v) is 3.72. The van der Waals surface area contributed by atoms with Gasteiger partial charge in [0.05, 0.1) is 32.3 Å². The molecule has 0 unspecified atom stereocenters. The highest BCUT2D eigenvalue weighted by Gasteiger charge is 2.39. The highest BCUT2D eigenvalue weighted by molar-refractivity contribution is 5.90. The summed E-state index contributed by atoms with van der Waals surface area (Å²) in [7, 11) is 4.23. The normalized spacial score (nSPS) is 11.5. The molecule has 0 bridgehead atoms. The van der Waals surface area contributed by atoms with Crippen molar-refractivity contribution >= 4 is 23.0 Å². The van der Waals surface area contributed by atoms with Crippen LogP contribution in [0.15, 0.2) is 76.0 Å². The van der Waals surface area contributed by atoms with Crippen LogP contribution in [-0.2, 0) is 11.0 Å². The second-order valence-corrected chi connectivity index (χ2v) is 7.89. The monoisotopic (exact) mass is 526 g/mol. The van der Waals surface area contributed by atoms with E-state index in [-0.39, 0.29) is 28.2 Å². The molecule has 0 N–H and O–H groups in total. The largest absolute Gasteiger partial charge is 0.497 e. The highest BCUT2D eigenvalue weighted by Crippen LogP contribution is 2.40. The molecule has 10 heteroatoms. The van der Waals surface area contributed by atoms with Gasteiger partial charge in [0.15, 0.2) is 11.5 Å². The van der Waals surface area contributed by atoms with Crippen LogP contribution in [-0.4, -0.2) is 27.3 Å². The fraction of sp³-hybridized carbons (Fsp3) is 0.143. The molecule has 0 saturated heterocycles. The third-order valence-corrected chi connectivity index (χ3v) is 5.54. The fourth-order valence-electron chi connectivity index (χ4n) is 3.72. The van der Waals surface area contributed by atoms with Gasteiger partial charge in [-0.3, -0.25) is 4.79 Å². The van der Waals surface area contributed by atoms with Gasteiger partial charge in [-0.05, 0) is 53.6 Å². The molecule has 0 aliphatic rings. The Morgan fingerprint density at radius 1 is 0.842 bits per heavy atom. The minimum Gasteiger partial charge on any atom is -0.497 e. The summed E-state index contributed by atoms with van der Waals surface area (Å²) < 4.78 is 67.7. The Morgan fingerprint density at radius 2 is 1.53 bits per heavy atom. The zero-order valence-corrected chi connectivity index (χ0v) is 20.4. The highest BCUT2D eigenvalue weighted by atomic mass is 19.4. The summed E-state index contributed by atoms with van der Waals surface area (Å²) in [4.78, 5) is 25.5. The molecule has 4 rings (SSSR count). The predicted molar refractivity (Wildman–Crippen MR) is 134 cm³/mol. The van der Waals surface area contributed by atoms with Crippen LogP contribution >= 0.6 is 0 Å². The molecule has 3 aromatic carbocycles. The van der Waals surface area contributed by atoms with E-state index in [1.165, 1.54) is 57.7 Å². The summed E-state index contributed by atoms with van der Waals surface area (Å²) in [6.45, 7) is 0. The molecule has 1 heterocycles. The van der Waals surface area contributed by atoms with Gasteiger partial charge in [-0.2, -0.15) is 13.2 Å². The summed E-state index contributed by atoms with van der Waals surface area (Å²) in [5, 5.41) is -0.128. The van der Waals surface area contributed by atoms with Gasteiger partial charge in [0.25, 0.3) is 0 Å². The Kier molecular flexibility index (Phi) is 7.43. The van der Waals surface area contributed by atoms with Gasteiger partial charge < -0.3 is 23.4 Å². The number of esters is 1. The molecule has 196 valence electrons. The number of carbonyl (C=O) groups is 1. The molecular formula is C28H21F3O7. The number of carbonyl (C=O) groups excluding carboxylic acids is 1. The minimum absolute atomic E-state index is 0.0650. The lowest BCUT2D eigenvalue weighted by molar-refractivity contribution is -0.152. The van der Waals surface area contributed by atoms with Crippen molar-refractivity contribution in [2.24, 2.45) is 0 Å². The number of rotatable bonds is 7. The van der Waals surface area contributed by atoms with Crippen LogP contribution in [0.25, 0.3) is 28.2 Å². The topological polar surface area (TPSA) is 84.2 Å². The average molecular weight is 526 g/mol. The SMILES string of the molecule is COc1ccc(/C=C/C(=O)Oc2ccc3c(=O)c(-c4ccc(OC)c(OC)c4)c(C(F)(F)F)oc3c2)cc1. The van der Waals surface area contributed by atoms with E-state index in [2.05, 4.69) is 0 Å². The Morgan fingerprint density at radius 3 is 2.16 bits per heavy atom. The first-order chi connectivity index (χ1) is 18.1. The summed E-state index contributed by atoms with van der Waals surface area (Å²) in [5.74, 6) is -1.30. The van der Waals surface area contributed by atoms with Crippen molar-refractivity contribution in [1.82, 2.24) is 0 Å². The molecule has 0 spiro atoms. The smallest absolute Gasteiger partial charge is 0.450 e. The first-order valence-corrected chi connectivity index (χ1v) is 11.1. The number of benzene rings is 3. The van der Waals surface area contributed by atoms with E-state index < -0.39 is 34.5 Å². The van der Waals surface area contributed by atoms with E-state index in [9.17, 15) is 22.8 Å². The van der Waals surface area contributed by atoms with E-state index in [4.69, 9.17) is 23.4 Å². The molecule has 4 aromatic rings. The number of alkyl halides is 3. The number of fused-ring (bicyclic) bond motifs is 1. The van der Waals surface area contributed by atoms with Gasteiger partial charge in [0, 0.05) is 12.1 Å². The molecule has 0 amide bonds. The first-order valence-electron chi connectivity index (χ1n) is 11.1. The molecule has 0 aliphatic carbocycles. The van der Waals surface area contributed by atoms with Crippen LogP contribution in [0.2, 0.25) is 0 Å². The first kappa shape index (κ1) is 26.3. The summed E-state index contributed by atoms with van der Waals surface area (Å²) in [6.07, 6.45) is -2.34. The number of halogens is 3. The van der Waals surface area contributed by atoms with Gasteiger partial charge in [-0.15, -0.1) is 0 Å². The van der Waals surface area contributed by atoms with E-state index in [1.807, 2.05) is 0 Å². The van der Waals surface area contributed by atoms with E-state index >= 15 is 0 Å². The molecule has 0 fully saturated rings. The summed E-state index contributed by atoms with van der Waals surface area (Å²) in [6, 6.07) is 14.4. The van der Waals surface area contributed by atoms with Crippen LogP contribution in [0.3, 0.4) is 0 Å². The second kappa shape index (κ2) is 10.7. The molecule has 0 aliphatic heterocycles. The number of ether oxygens (including phenoxy) is 4. The maximum Gasteiger partial charge on any atom is 0.450 e. The lowest BCUT2D eigenvalue weighted by Crippen LogP contribution is -2.16. The molecule has 1 aromatic heterocycles. The zero-order valence-electron chi connectivity index (χ0n) is 20.4. The molecule has 0 saturated carbocycles. The van der Waals surface area contributed by atoms with Crippen molar-refractivity contribution in [3.8, 4) is 34.1 Å². The molecule has 38 heavy (non-hydrogen) atoms. The Balaban J connectivity index is 1.70. The minimum atomic E-state index is -5.00. The van der Waals surface area contributed by atoms with E-state index in [0.717, 1.165) is 12.1 Å². The number of hydrogen-bond donors (Lipinski definition) is 0. The predicted octanol–water partition coefficient (Wildman–Crippen LogP) is 6.12. The second-order valence-electron chi connectivity index (χ2n) is 7.89. The van der Waals surface area contributed by atoms with Crippen LogP contribution in [0.1, 0.15) is 11.3 Å². The van der Waals surface area contributed by atoms with Gasteiger partial charge in [0.2, 0.25) is 11.2 Å². The third kappa shape index (κ3) is 5.49. The third-order valence-electron chi connectivity index (χ3n) is 5.54. The Bertz CT molecular complexity index is 1570. The lowest BCUT2D eigenvalue weighted by Gasteiger charge is -2.14. The molecule has 0 atom stereocenters. The molecule has 7 nitrogen and oxygen atoms in total. The standard InChI is InChI=1S/C28H21F3O7/c1-34-18-8-4-16(5-9-18)6-13-24(32)37-19-10-11-20-22(15-19)38-27(28(29,30)31)25(26(20)33)17-7-12-21(35-2)23(14-17)36-3/h4-15H,1-3H3/b13-6+. The molecule has 0 radical (unpaired) electrons. The van der Waals surface area contributed by atoms with Crippen molar-refractivity contribution < 1.29 is 41.3 Å². The average Bonchev–Trinajstić information content (AvgIpc) is 2.91. The van der Waals surface area contributed by atoms with Crippen molar-refractivity contribution in [3.63, 3.8) is 0 Å². The number of methoxy groups -OCH3 is 3. The van der Waals surface area contributed by atoms with Gasteiger partial charge >= 0.3 is 12.1 Å². The maximum atomic E-state index is 14.0. The quantitative estimate of drug-likeness (QED) is 0.163. The van der Waals surface area contributed by atoms with Crippen LogP contribution in [0.5, 0.6) is 23.0 Å². The van der Waals surface area contributed by atoms with Crippen molar-refractivity contribution in [2.75, 3.05) is 21.3 Å². The van der Waals surface area contributed by atoms with Gasteiger partial charge in [0.1, 0.15) is 17.1 Å². The van der Waals surface area contributed by atoms with Crippen LogP contribution in [0.4, 0.5) is 13.2 Å². The lowest BCUT2D eigenvalue weighted by atomic mass is 10.0. The van der Waals surface area contributed by atoms with Gasteiger partial charge in [-0.1, -0.05) is 18.2 Å². The Labute approximate surface area is 214 Å². The van der Waals surface area contributed by atoms with Crippen LogP contribution < -0.4 is 24.4 Å². The summed E-state index contributed by atoms with van der Waals surface area (Å²) in [5.41, 5.74) is -1.35. The summed E-state index contributed by atoms with van der Waals surface area (Å²) >= 11 is 0.